The first-order chi connectivity index (χ1) is 15.6. The molecule has 2 amide bonds. The van der Waals surface area contributed by atoms with Crippen LogP contribution in [0.2, 0.25) is 0 Å². The summed E-state index contributed by atoms with van der Waals surface area (Å²) in [4.78, 5) is 29.8. The van der Waals surface area contributed by atoms with E-state index in [1.54, 1.807) is 9.80 Å². The van der Waals surface area contributed by atoms with Gasteiger partial charge in [0.15, 0.2) is 0 Å². The number of hydrogen-bond acceptors (Lipinski definition) is 4. The normalized spacial score (nSPS) is 15.0. The van der Waals surface area contributed by atoms with Crippen molar-refractivity contribution in [3.63, 3.8) is 0 Å². The first kappa shape index (κ1) is 22.7. The number of thiocarbonyl (C=S) groups is 2. The van der Waals surface area contributed by atoms with Crippen LogP contribution in [-0.2, 0) is 0 Å². The highest BCUT2D eigenvalue weighted by molar-refractivity contribution is 7.81. The summed E-state index contributed by atoms with van der Waals surface area (Å²) in [6, 6.07) is 15.2. The third-order valence-electron chi connectivity index (χ3n) is 6.27. The fraction of sp³-hybridized carbons (Fsp3) is 0.385. The highest BCUT2D eigenvalue weighted by Gasteiger charge is 2.32. The largest absolute Gasteiger partial charge is 0.298 e. The summed E-state index contributed by atoms with van der Waals surface area (Å²) in [6.45, 7) is 1.41. The predicted octanol–water partition coefficient (Wildman–Crippen LogP) is 5.77. The van der Waals surface area contributed by atoms with Crippen LogP contribution in [0.3, 0.4) is 0 Å². The molecular formula is C26H28N2O2S2. The quantitative estimate of drug-likeness (QED) is 0.313. The number of amides is 2. The Kier molecular flexibility index (Phi) is 7.43. The van der Waals surface area contributed by atoms with Gasteiger partial charge in [0, 0.05) is 24.2 Å². The van der Waals surface area contributed by atoms with Gasteiger partial charge >= 0.3 is 0 Å². The molecule has 0 saturated carbocycles. The van der Waals surface area contributed by atoms with E-state index in [4.69, 9.17) is 24.4 Å². The van der Waals surface area contributed by atoms with Gasteiger partial charge in [-0.3, -0.25) is 19.4 Å². The monoisotopic (exact) mass is 464 g/mol. The highest BCUT2D eigenvalue weighted by Crippen LogP contribution is 2.25. The Hall–Kier alpha value is -2.44. The molecule has 0 N–H and O–H groups in total. The molecule has 2 aliphatic heterocycles. The molecule has 0 saturated heterocycles. The number of fused-ring (bicyclic) bond motifs is 2. The number of hydrogen-bond donors (Lipinski definition) is 0. The van der Waals surface area contributed by atoms with Crippen LogP contribution in [0.1, 0.15) is 83.2 Å². The van der Waals surface area contributed by atoms with Crippen molar-refractivity contribution in [1.82, 2.24) is 9.80 Å². The molecule has 2 aromatic rings. The fourth-order valence-corrected chi connectivity index (χ4v) is 5.19. The maximum Gasteiger partial charge on any atom is 0.259 e. The Morgan fingerprint density at radius 1 is 0.500 bits per heavy atom. The molecule has 2 heterocycles. The molecule has 0 aliphatic carbocycles. The number of rotatable bonds is 11. The van der Waals surface area contributed by atoms with Gasteiger partial charge in [0.2, 0.25) is 0 Å². The summed E-state index contributed by atoms with van der Waals surface area (Å²) in [6.07, 6.45) is 8.92. The predicted molar refractivity (Wildman–Crippen MR) is 135 cm³/mol. The minimum atomic E-state index is 0.0460. The highest BCUT2D eigenvalue weighted by atomic mass is 32.1. The van der Waals surface area contributed by atoms with Crippen molar-refractivity contribution in [2.24, 2.45) is 0 Å². The molecule has 4 nitrogen and oxygen atoms in total. The number of carbonyl (C=O) groups is 2. The average Bonchev–Trinajstić information content (AvgIpc) is 3.20. The second-order valence-corrected chi connectivity index (χ2v) is 9.22. The Morgan fingerprint density at radius 3 is 1.16 bits per heavy atom. The van der Waals surface area contributed by atoms with Crippen molar-refractivity contribution in [1.29, 1.82) is 0 Å². The van der Waals surface area contributed by atoms with Crippen molar-refractivity contribution in [3.05, 3.63) is 70.8 Å². The van der Waals surface area contributed by atoms with E-state index in [2.05, 4.69) is 0 Å². The van der Waals surface area contributed by atoms with E-state index in [1.165, 1.54) is 25.7 Å². The van der Waals surface area contributed by atoms with E-state index in [0.29, 0.717) is 23.1 Å². The van der Waals surface area contributed by atoms with Gasteiger partial charge < -0.3 is 0 Å². The Bertz CT molecular complexity index is 896. The van der Waals surface area contributed by atoms with E-state index in [9.17, 15) is 9.59 Å². The van der Waals surface area contributed by atoms with Crippen molar-refractivity contribution in [2.75, 3.05) is 13.1 Å². The molecule has 0 spiro atoms. The van der Waals surface area contributed by atoms with Gasteiger partial charge in [-0.25, -0.2) is 0 Å². The zero-order valence-electron chi connectivity index (χ0n) is 18.2. The lowest BCUT2D eigenvalue weighted by atomic mass is 10.1. The molecule has 32 heavy (non-hydrogen) atoms. The van der Waals surface area contributed by atoms with Crippen molar-refractivity contribution in [2.45, 2.75) is 51.4 Å². The van der Waals surface area contributed by atoms with E-state index in [-0.39, 0.29) is 11.8 Å². The molecule has 0 bridgehead atoms. The SMILES string of the molecule is O=C1c2ccccc2C(=S)N1CCCCCCCCCCN1C(=O)c2ccccc2C1=S. The van der Waals surface area contributed by atoms with Gasteiger partial charge in [0.1, 0.15) is 9.98 Å². The molecule has 6 heteroatoms. The maximum absolute atomic E-state index is 12.5. The second-order valence-electron chi connectivity index (χ2n) is 8.44. The molecule has 4 rings (SSSR count). The van der Waals surface area contributed by atoms with E-state index in [1.807, 2.05) is 48.5 Å². The van der Waals surface area contributed by atoms with Gasteiger partial charge in [0.05, 0.1) is 11.1 Å². The lowest BCUT2D eigenvalue weighted by Gasteiger charge is -2.16. The summed E-state index contributed by atoms with van der Waals surface area (Å²) in [5.74, 6) is 0.0920. The molecule has 0 aromatic heterocycles. The van der Waals surface area contributed by atoms with Gasteiger partial charge in [-0.15, -0.1) is 0 Å². The zero-order chi connectivity index (χ0) is 22.5. The third-order valence-corrected chi connectivity index (χ3v) is 7.15. The standard InChI is InChI=1S/C26H28N2O2S2/c29-23-19-13-7-9-15-21(19)25(31)27(23)17-11-5-3-1-2-4-6-12-18-28-24(30)20-14-8-10-16-22(20)26(28)32/h7-10,13-16H,1-6,11-12,17-18H2. The van der Waals surface area contributed by atoms with Crippen molar-refractivity contribution < 1.29 is 9.59 Å². The summed E-state index contributed by atoms with van der Waals surface area (Å²) in [5, 5.41) is 0. The van der Waals surface area contributed by atoms with Crippen LogP contribution in [0, 0.1) is 0 Å². The maximum atomic E-state index is 12.5. The van der Waals surface area contributed by atoms with Gasteiger partial charge in [-0.05, 0) is 25.0 Å². The topological polar surface area (TPSA) is 40.6 Å². The lowest BCUT2D eigenvalue weighted by molar-refractivity contribution is 0.0851. The summed E-state index contributed by atoms with van der Waals surface area (Å²) in [5.41, 5.74) is 3.26. The first-order valence-electron chi connectivity index (χ1n) is 11.5. The number of carbonyl (C=O) groups excluding carboxylic acids is 2. The van der Waals surface area contributed by atoms with E-state index in [0.717, 1.165) is 47.9 Å². The van der Waals surface area contributed by atoms with Crippen LogP contribution < -0.4 is 0 Å². The summed E-state index contributed by atoms with van der Waals surface area (Å²) >= 11 is 11.0. The number of benzene rings is 2. The van der Waals surface area contributed by atoms with Crippen molar-refractivity contribution in [3.8, 4) is 0 Å². The molecular weight excluding hydrogens is 436 g/mol. The minimum Gasteiger partial charge on any atom is -0.298 e. The molecule has 2 aliphatic rings. The van der Waals surface area contributed by atoms with Gasteiger partial charge in [-0.2, -0.15) is 0 Å². The van der Waals surface area contributed by atoms with Gasteiger partial charge in [-0.1, -0.05) is 99.4 Å². The first-order valence-corrected chi connectivity index (χ1v) is 12.3. The minimum absolute atomic E-state index is 0.0460. The molecule has 166 valence electrons. The Balaban J connectivity index is 1.05. The molecule has 0 radical (unpaired) electrons. The van der Waals surface area contributed by atoms with E-state index < -0.39 is 0 Å². The molecule has 0 fully saturated rings. The van der Waals surface area contributed by atoms with Crippen LogP contribution in [0.4, 0.5) is 0 Å². The van der Waals surface area contributed by atoms with Gasteiger partial charge in [0.25, 0.3) is 11.8 Å². The zero-order valence-corrected chi connectivity index (χ0v) is 19.9. The fourth-order valence-electron chi connectivity index (χ4n) is 4.48. The van der Waals surface area contributed by atoms with Crippen LogP contribution >= 0.6 is 24.4 Å². The average molecular weight is 465 g/mol. The lowest BCUT2D eigenvalue weighted by Crippen LogP contribution is -2.30. The van der Waals surface area contributed by atoms with Crippen LogP contribution in [0.15, 0.2) is 48.5 Å². The smallest absolute Gasteiger partial charge is 0.259 e. The summed E-state index contributed by atoms with van der Waals surface area (Å²) < 4.78 is 0. The summed E-state index contributed by atoms with van der Waals surface area (Å²) in [7, 11) is 0. The third kappa shape index (κ3) is 4.66. The van der Waals surface area contributed by atoms with Crippen LogP contribution in [0.5, 0.6) is 0 Å². The van der Waals surface area contributed by atoms with Crippen LogP contribution in [-0.4, -0.2) is 44.7 Å². The van der Waals surface area contributed by atoms with Crippen LogP contribution in [0.25, 0.3) is 0 Å². The van der Waals surface area contributed by atoms with E-state index >= 15 is 0 Å². The second kappa shape index (κ2) is 10.5. The molecule has 0 unspecified atom stereocenters. The van der Waals surface area contributed by atoms with Crippen molar-refractivity contribution >= 4 is 46.2 Å². The Morgan fingerprint density at radius 2 is 0.812 bits per heavy atom. The molecule has 0 atom stereocenters. The molecule has 2 aromatic carbocycles. The number of nitrogens with zero attached hydrogens (tertiary/aromatic N) is 2. The Labute approximate surface area is 200 Å². The number of unbranched alkanes of at least 4 members (excludes halogenated alkanes) is 7.